The van der Waals surface area contributed by atoms with Crippen LogP contribution in [0, 0.1) is 11.8 Å². The maximum Gasteiger partial charge on any atom is 0.293 e. The highest BCUT2D eigenvalue weighted by atomic mass is 16.1. The molecular weight excluding hydrogens is 226 g/mol. The average Bonchev–Trinajstić information content (AvgIpc) is 2.36. The Morgan fingerprint density at radius 1 is 1.39 bits per heavy atom. The van der Waals surface area contributed by atoms with Crippen molar-refractivity contribution in [3.05, 3.63) is 22.7 Å². The lowest BCUT2D eigenvalue weighted by Gasteiger charge is -2.32. The van der Waals surface area contributed by atoms with E-state index in [4.69, 9.17) is 0 Å². The third-order valence-corrected chi connectivity index (χ3v) is 4.19. The smallest absolute Gasteiger partial charge is 0.293 e. The van der Waals surface area contributed by atoms with E-state index in [0.29, 0.717) is 24.3 Å². The average molecular weight is 249 g/mol. The second kappa shape index (κ2) is 5.55. The second-order valence-electron chi connectivity index (χ2n) is 5.48. The number of nitrogens with zero attached hydrogens (tertiary/aromatic N) is 2. The topological polar surface area (TPSA) is 46.9 Å². The van der Waals surface area contributed by atoms with Gasteiger partial charge in [-0.1, -0.05) is 13.8 Å². The van der Waals surface area contributed by atoms with Crippen LogP contribution in [0.1, 0.15) is 40.0 Å². The molecule has 3 atom stereocenters. The third-order valence-electron chi connectivity index (χ3n) is 4.19. The van der Waals surface area contributed by atoms with Crippen molar-refractivity contribution in [3.63, 3.8) is 0 Å². The van der Waals surface area contributed by atoms with Gasteiger partial charge in [-0.15, -0.1) is 0 Å². The van der Waals surface area contributed by atoms with Crippen molar-refractivity contribution < 1.29 is 0 Å². The summed E-state index contributed by atoms with van der Waals surface area (Å²) in [4.78, 5) is 16.2. The van der Waals surface area contributed by atoms with Crippen molar-refractivity contribution in [1.82, 2.24) is 9.55 Å². The van der Waals surface area contributed by atoms with E-state index in [0.717, 1.165) is 18.8 Å². The first-order chi connectivity index (χ1) is 8.61. The van der Waals surface area contributed by atoms with Crippen molar-refractivity contribution in [2.45, 2.75) is 52.6 Å². The molecule has 3 unspecified atom stereocenters. The number of aryl methyl sites for hydroxylation is 1. The molecule has 1 N–H and O–H groups in total. The molecular formula is C14H23N3O. The SMILES string of the molecule is CCn1ccnc(NC2CCC(C)C(C)C2)c1=O. The Morgan fingerprint density at radius 2 is 2.17 bits per heavy atom. The van der Waals surface area contributed by atoms with Gasteiger partial charge in [-0.2, -0.15) is 0 Å². The van der Waals surface area contributed by atoms with Gasteiger partial charge in [0.1, 0.15) is 0 Å². The molecule has 1 saturated carbocycles. The Kier molecular flexibility index (Phi) is 4.04. The van der Waals surface area contributed by atoms with Gasteiger partial charge < -0.3 is 9.88 Å². The highest BCUT2D eigenvalue weighted by Crippen LogP contribution is 2.30. The van der Waals surface area contributed by atoms with Gasteiger partial charge in [0.2, 0.25) is 0 Å². The molecule has 0 radical (unpaired) electrons. The van der Waals surface area contributed by atoms with Crippen LogP contribution in [0.4, 0.5) is 5.82 Å². The summed E-state index contributed by atoms with van der Waals surface area (Å²) in [6.07, 6.45) is 6.92. The summed E-state index contributed by atoms with van der Waals surface area (Å²) < 4.78 is 1.68. The van der Waals surface area contributed by atoms with E-state index in [1.807, 2.05) is 6.92 Å². The first-order valence-corrected chi connectivity index (χ1v) is 6.93. The van der Waals surface area contributed by atoms with Crippen LogP contribution < -0.4 is 10.9 Å². The molecule has 1 heterocycles. The number of aromatic nitrogens is 2. The predicted octanol–water partition coefficient (Wildman–Crippen LogP) is 2.50. The van der Waals surface area contributed by atoms with E-state index in [-0.39, 0.29) is 5.56 Å². The Balaban J connectivity index is 2.08. The molecule has 4 heteroatoms. The van der Waals surface area contributed by atoms with E-state index in [1.165, 1.54) is 6.42 Å². The van der Waals surface area contributed by atoms with E-state index in [1.54, 1.807) is 17.0 Å². The molecule has 0 aromatic carbocycles. The lowest BCUT2D eigenvalue weighted by molar-refractivity contribution is 0.260. The van der Waals surface area contributed by atoms with Crippen LogP contribution in [0.15, 0.2) is 17.2 Å². The predicted molar refractivity (Wildman–Crippen MR) is 73.8 cm³/mol. The van der Waals surface area contributed by atoms with E-state index < -0.39 is 0 Å². The molecule has 0 saturated heterocycles. The van der Waals surface area contributed by atoms with Crippen LogP contribution in [0.25, 0.3) is 0 Å². The van der Waals surface area contributed by atoms with Gasteiger partial charge in [-0.05, 0) is 38.0 Å². The summed E-state index contributed by atoms with van der Waals surface area (Å²) >= 11 is 0. The van der Waals surface area contributed by atoms with Crippen molar-refractivity contribution in [1.29, 1.82) is 0 Å². The molecule has 2 rings (SSSR count). The molecule has 1 aromatic heterocycles. The van der Waals surface area contributed by atoms with Crippen LogP contribution >= 0.6 is 0 Å². The monoisotopic (exact) mass is 249 g/mol. The Hall–Kier alpha value is -1.32. The standard InChI is InChI=1S/C14H23N3O/c1-4-17-8-7-15-13(14(17)18)16-12-6-5-10(2)11(3)9-12/h7-8,10-12H,4-6,9H2,1-3H3,(H,15,16). The number of hydrogen-bond donors (Lipinski definition) is 1. The molecule has 0 amide bonds. The molecule has 18 heavy (non-hydrogen) atoms. The lowest BCUT2D eigenvalue weighted by Crippen LogP contribution is -2.34. The first-order valence-electron chi connectivity index (χ1n) is 6.93. The summed E-state index contributed by atoms with van der Waals surface area (Å²) in [6, 6.07) is 0.393. The summed E-state index contributed by atoms with van der Waals surface area (Å²) in [5.74, 6) is 2.01. The van der Waals surface area contributed by atoms with Gasteiger partial charge >= 0.3 is 0 Å². The van der Waals surface area contributed by atoms with Crippen molar-refractivity contribution in [3.8, 4) is 0 Å². The van der Waals surface area contributed by atoms with Crippen molar-refractivity contribution in [2.75, 3.05) is 5.32 Å². The highest BCUT2D eigenvalue weighted by molar-refractivity contribution is 5.32. The zero-order chi connectivity index (χ0) is 13.1. The molecule has 0 spiro atoms. The van der Waals surface area contributed by atoms with Crippen LogP contribution in [0.3, 0.4) is 0 Å². The van der Waals surface area contributed by atoms with Gasteiger partial charge in [0.15, 0.2) is 5.82 Å². The fourth-order valence-corrected chi connectivity index (χ4v) is 2.67. The first kappa shape index (κ1) is 13.1. The summed E-state index contributed by atoms with van der Waals surface area (Å²) in [5.41, 5.74) is -0.00808. The fourth-order valence-electron chi connectivity index (χ4n) is 2.67. The normalized spacial score (nSPS) is 28.1. The summed E-state index contributed by atoms with van der Waals surface area (Å²) in [7, 11) is 0. The van der Waals surface area contributed by atoms with E-state index in [9.17, 15) is 4.79 Å². The minimum absolute atomic E-state index is 0.00808. The minimum atomic E-state index is -0.00808. The van der Waals surface area contributed by atoms with Gasteiger partial charge in [0.05, 0.1) is 0 Å². The zero-order valence-electron chi connectivity index (χ0n) is 11.5. The maximum atomic E-state index is 12.1. The molecule has 1 aromatic rings. The van der Waals surface area contributed by atoms with Crippen LogP contribution in [0.5, 0.6) is 0 Å². The number of hydrogen-bond acceptors (Lipinski definition) is 3. The third kappa shape index (κ3) is 2.74. The largest absolute Gasteiger partial charge is 0.363 e. The van der Waals surface area contributed by atoms with E-state index >= 15 is 0 Å². The Morgan fingerprint density at radius 3 is 2.83 bits per heavy atom. The van der Waals surface area contributed by atoms with Crippen LogP contribution in [0.2, 0.25) is 0 Å². The molecule has 100 valence electrons. The number of rotatable bonds is 3. The van der Waals surface area contributed by atoms with Gasteiger partial charge in [0.25, 0.3) is 5.56 Å². The summed E-state index contributed by atoms with van der Waals surface area (Å²) in [6.45, 7) is 7.26. The number of nitrogens with one attached hydrogen (secondary N) is 1. The van der Waals surface area contributed by atoms with Crippen LogP contribution in [-0.4, -0.2) is 15.6 Å². The fraction of sp³-hybridized carbons (Fsp3) is 0.714. The zero-order valence-corrected chi connectivity index (χ0v) is 11.5. The quantitative estimate of drug-likeness (QED) is 0.895. The minimum Gasteiger partial charge on any atom is -0.363 e. The summed E-state index contributed by atoms with van der Waals surface area (Å²) in [5, 5.41) is 3.33. The molecule has 1 fully saturated rings. The Labute approximate surface area is 108 Å². The van der Waals surface area contributed by atoms with Crippen molar-refractivity contribution in [2.24, 2.45) is 11.8 Å². The molecule has 4 nitrogen and oxygen atoms in total. The molecule has 1 aliphatic rings. The van der Waals surface area contributed by atoms with Crippen LogP contribution in [-0.2, 0) is 6.54 Å². The maximum absolute atomic E-state index is 12.1. The van der Waals surface area contributed by atoms with Gasteiger partial charge in [-0.25, -0.2) is 4.98 Å². The highest BCUT2D eigenvalue weighted by Gasteiger charge is 2.25. The van der Waals surface area contributed by atoms with Gasteiger partial charge in [-0.3, -0.25) is 4.79 Å². The Bertz CT molecular complexity index is 455. The lowest BCUT2D eigenvalue weighted by atomic mass is 9.79. The molecule has 1 aliphatic carbocycles. The van der Waals surface area contributed by atoms with Gasteiger partial charge in [0, 0.05) is 25.0 Å². The molecule has 0 aliphatic heterocycles. The molecule has 0 bridgehead atoms. The number of anilines is 1. The second-order valence-corrected chi connectivity index (χ2v) is 5.48. The van der Waals surface area contributed by atoms with Crippen molar-refractivity contribution >= 4 is 5.82 Å². The van der Waals surface area contributed by atoms with E-state index in [2.05, 4.69) is 24.1 Å².